The lowest BCUT2D eigenvalue weighted by atomic mass is 10.2. The van der Waals surface area contributed by atoms with Crippen LogP contribution in [0.3, 0.4) is 0 Å². The van der Waals surface area contributed by atoms with Crippen molar-refractivity contribution in [2.24, 2.45) is 0 Å². The summed E-state index contributed by atoms with van der Waals surface area (Å²) in [5, 5.41) is 19.2. The number of carbonyl (C=O) groups excluding carboxylic acids is 1. The number of likely N-dealkylation sites (N-methyl/N-ethyl adjacent to an activating group) is 1. The van der Waals surface area contributed by atoms with Crippen molar-refractivity contribution in [1.29, 1.82) is 0 Å². The van der Waals surface area contributed by atoms with Gasteiger partial charge in [0.1, 0.15) is 12.1 Å². The highest BCUT2D eigenvalue weighted by molar-refractivity contribution is 5.82. The summed E-state index contributed by atoms with van der Waals surface area (Å²) in [5.41, 5.74) is 2.28. The summed E-state index contributed by atoms with van der Waals surface area (Å²) in [5.74, 6) is -0.982. The van der Waals surface area contributed by atoms with E-state index in [0.717, 1.165) is 11.2 Å². The minimum Gasteiger partial charge on any atom is -0.481 e. The summed E-state index contributed by atoms with van der Waals surface area (Å²) in [6, 6.07) is 5.50. The molecule has 0 saturated carbocycles. The SMILES string of the molecule is CNC(=O)Cn1nnc2cc(N(C)CCC(=O)O)ccc21. The van der Waals surface area contributed by atoms with Crippen LogP contribution in [0.1, 0.15) is 6.42 Å². The number of aromatic nitrogens is 3. The Morgan fingerprint density at radius 2 is 2.19 bits per heavy atom. The second-order valence-electron chi connectivity index (χ2n) is 4.66. The standard InChI is InChI=1S/C13H17N5O3/c1-14-12(19)8-18-11-4-3-9(7-10(11)15-16-18)17(2)6-5-13(20)21/h3-4,7H,5-6,8H2,1-2H3,(H,14,19)(H,20,21). The van der Waals surface area contributed by atoms with E-state index in [4.69, 9.17) is 5.11 Å². The largest absolute Gasteiger partial charge is 0.481 e. The molecule has 0 bridgehead atoms. The maximum Gasteiger partial charge on any atom is 0.305 e. The fourth-order valence-electron chi connectivity index (χ4n) is 1.92. The molecule has 0 saturated heterocycles. The smallest absolute Gasteiger partial charge is 0.305 e. The van der Waals surface area contributed by atoms with E-state index in [0.29, 0.717) is 12.1 Å². The molecule has 1 amide bonds. The molecule has 2 rings (SSSR count). The van der Waals surface area contributed by atoms with E-state index in [9.17, 15) is 9.59 Å². The van der Waals surface area contributed by atoms with Crippen LogP contribution in [0.2, 0.25) is 0 Å². The van der Waals surface area contributed by atoms with Gasteiger partial charge in [-0.25, -0.2) is 4.68 Å². The van der Waals surface area contributed by atoms with E-state index in [1.54, 1.807) is 7.05 Å². The number of hydrogen-bond acceptors (Lipinski definition) is 5. The predicted octanol–water partition coefficient (Wildman–Crippen LogP) is 0.0882. The number of fused-ring (bicyclic) bond motifs is 1. The third-order valence-electron chi connectivity index (χ3n) is 3.17. The van der Waals surface area contributed by atoms with Gasteiger partial charge in [0.05, 0.1) is 11.9 Å². The average Bonchev–Trinajstić information content (AvgIpc) is 2.86. The monoisotopic (exact) mass is 291 g/mol. The van der Waals surface area contributed by atoms with Crippen LogP contribution in [0, 0.1) is 0 Å². The molecule has 2 N–H and O–H groups in total. The third kappa shape index (κ3) is 3.47. The Balaban J connectivity index is 2.19. The van der Waals surface area contributed by atoms with Crippen molar-refractivity contribution >= 4 is 28.6 Å². The Hall–Kier alpha value is -2.64. The van der Waals surface area contributed by atoms with Crippen molar-refractivity contribution in [2.45, 2.75) is 13.0 Å². The number of rotatable bonds is 6. The molecule has 0 aliphatic rings. The minimum atomic E-state index is -0.834. The Labute approximate surface area is 121 Å². The van der Waals surface area contributed by atoms with Crippen molar-refractivity contribution in [3.05, 3.63) is 18.2 Å². The number of hydrogen-bond donors (Lipinski definition) is 2. The first kappa shape index (κ1) is 14.8. The third-order valence-corrected chi connectivity index (χ3v) is 3.17. The number of carboxylic acids is 1. The van der Waals surface area contributed by atoms with Gasteiger partial charge in [-0.15, -0.1) is 5.10 Å². The van der Waals surface area contributed by atoms with Crippen LogP contribution in [0.25, 0.3) is 11.0 Å². The number of nitrogens with one attached hydrogen (secondary N) is 1. The zero-order valence-corrected chi connectivity index (χ0v) is 11.9. The summed E-state index contributed by atoms with van der Waals surface area (Å²) >= 11 is 0. The molecule has 0 atom stereocenters. The van der Waals surface area contributed by atoms with Gasteiger partial charge in [-0.3, -0.25) is 9.59 Å². The van der Waals surface area contributed by atoms with Crippen molar-refractivity contribution in [1.82, 2.24) is 20.3 Å². The molecule has 0 aliphatic heterocycles. The normalized spacial score (nSPS) is 10.6. The van der Waals surface area contributed by atoms with Gasteiger partial charge in [-0.1, -0.05) is 5.21 Å². The van der Waals surface area contributed by atoms with E-state index in [1.807, 2.05) is 30.1 Å². The highest BCUT2D eigenvalue weighted by atomic mass is 16.4. The van der Waals surface area contributed by atoms with Crippen molar-refractivity contribution < 1.29 is 14.7 Å². The summed E-state index contributed by atoms with van der Waals surface area (Å²) in [6.07, 6.45) is 0.0674. The van der Waals surface area contributed by atoms with Crippen molar-refractivity contribution in [2.75, 3.05) is 25.5 Å². The topological polar surface area (TPSA) is 100 Å². The molecule has 8 heteroatoms. The molecule has 21 heavy (non-hydrogen) atoms. The van der Waals surface area contributed by atoms with Crippen LogP contribution in [0.5, 0.6) is 0 Å². The predicted molar refractivity (Wildman–Crippen MR) is 77.1 cm³/mol. The van der Waals surface area contributed by atoms with E-state index >= 15 is 0 Å². The Morgan fingerprint density at radius 3 is 2.86 bits per heavy atom. The summed E-state index contributed by atoms with van der Waals surface area (Å²) in [7, 11) is 3.38. The van der Waals surface area contributed by atoms with Gasteiger partial charge in [0.25, 0.3) is 0 Å². The molecule has 112 valence electrons. The summed E-state index contributed by atoms with van der Waals surface area (Å²) in [4.78, 5) is 23.8. The van der Waals surface area contributed by atoms with Crippen LogP contribution in [0.4, 0.5) is 5.69 Å². The number of aliphatic carboxylic acids is 1. The van der Waals surface area contributed by atoms with Crippen LogP contribution >= 0.6 is 0 Å². The molecule has 8 nitrogen and oxygen atoms in total. The van der Waals surface area contributed by atoms with Gasteiger partial charge in [0.15, 0.2) is 0 Å². The number of benzene rings is 1. The van der Waals surface area contributed by atoms with E-state index in [2.05, 4.69) is 15.6 Å². The van der Waals surface area contributed by atoms with Gasteiger partial charge < -0.3 is 15.3 Å². The second-order valence-corrected chi connectivity index (χ2v) is 4.66. The molecule has 1 aromatic heterocycles. The number of carboxylic acid groups (broad SMARTS) is 1. The molecule has 1 heterocycles. The lowest BCUT2D eigenvalue weighted by Gasteiger charge is -2.17. The summed E-state index contributed by atoms with van der Waals surface area (Å²) < 4.78 is 1.52. The quantitative estimate of drug-likeness (QED) is 0.782. The highest BCUT2D eigenvalue weighted by Gasteiger charge is 2.10. The van der Waals surface area contributed by atoms with Gasteiger partial charge in [0, 0.05) is 26.3 Å². The number of nitrogens with zero attached hydrogens (tertiary/aromatic N) is 4. The minimum absolute atomic E-state index is 0.0674. The molecule has 0 fully saturated rings. The lowest BCUT2D eigenvalue weighted by molar-refractivity contribution is -0.136. The number of anilines is 1. The zero-order chi connectivity index (χ0) is 15.4. The number of amides is 1. The Morgan fingerprint density at radius 1 is 1.43 bits per heavy atom. The maximum atomic E-state index is 11.4. The summed E-state index contributed by atoms with van der Waals surface area (Å²) in [6.45, 7) is 0.522. The van der Waals surface area contributed by atoms with Crippen LogP contribution in [-0.2, 0) is 16.1 Å². The van der Waals surface area contributed by atoms with Gasteiger partial charge in [0.2, 0.25) is 5.91 Å². The fraction of sp³-hybridized carbons (Fsp3) is 0.385. The molecule has 0 aliphatic carbocycles. The van der Waals surface area contributed by atoms with E-state index < -0.39 is 5.97 Å². The van der Waals surface area contributed by atoms with Crippen molar-refractivity contribution in [3.63, 3.8) is 0 Å². The molecular formula is C13H17N5O3. The maximum absolute atomic E-state index is 11.4. The fourth-order valence-corrected chi connectivity index (χ4v) is 1.92. The van der Waals surface area contributed by atoms with E-state index in [1.165, 1.54) is 4.68 Å². The Bertz CT molecular complexity index is 667. The van der Waals surface area contributed by atoms with Gasteiger partial charge in [-0.05, 0) is 18.2 Å². The zero-order valence-electron chi connectivity index (χ0n) is 11.9. The second kappa shape index (κ2) is 6.21. The number of carbonyl (C=O) groups is 2. The average molecular weight is 291 g/mol. The molecule has 0 unspecified atom stereocenters. The van der Waals surface area contributed by atoms with E-state index in [-0.39, 0.29) is 18.9 Å². The molecule has 0 radical (unpaired) electrons. The lowest BCUT2D eigenvalue weighted by Crippen LogP contribution is -2.24. The highest BCUT2D eigenvalue weighted by Crippen LogP contribution is 2.19. The molecule has 2 aromatic rings. The van der Waals surface area contributed by atoms with Crippen LogP contribution < -0.4 is 10.2 Å². The molecular weight excluding hydrogens is 274 g/mol. The van der Waals surface area contributed by atoms with Crippen LogP contribution in [-0.4, -0.2) is 52.6 Å². The molecule has 0 spiro atoms. The van der Waals surface area contributed by atoms with Crippen molar-refractivity contribution in [3.8, 4) is 0 Å². The molecule has 1 aromatic carbocycles. The first-order chi connectivity index (χ1) is 10.0. The van der Waals surface area contributed by atoms with Gasteiger partial charge in [-0.2, -0.15) is 0 Å². The first-order valence-corrected chi connectivity index (χ1v) is 6.48. The van der Waals surface area contributed by atoms with Gasteiger partial charge >= 0.3 is 5.97 Å². The first-order valence-electron chi connectivity index (χ1n) is 6.48. The van der Waals surface area contributed by atoms with Crippen LogP contribution in [0.15, 0.2) is 18.2 Å². The Kier molecular flexibility index (Phi) is 4.36.